The number of imidazole rings is 1. The Morgan fingerprint density at radius 2 is 2.26 bits per heavy atom. The van der Waals surface area contributed by atoms with Crippen LogP contribution in [0.2, 0.25) is 0 Å². The standard InChI is InChI=1S/C15H17N7O/c1-10-5-6-17-15-19-13(20-22(10)15)14(23)18-11-3-2-4-12(11)21-8-7-16-9-21/h5-9,11-12H,2-4H2,1H3,(H,18,23)/t11-,12+/m1/s1. The number of rotatable bonds is 3. The molecule has 4 rings (SSSR count). The fourth-order valence-corrected chi connectivity index (χ4v) is 3.17. The molecule has 1 amide bonds. The summed E-state index contributed by atoms with van der Waals surface area (Å²) >= 11 is 0. The fraction of sp³-hybridized carbons (Fsp3) is 0.400. The van der Waals surface area contributed by atoms with Crippen LogP contribution >= 0.6 is 0 Å². The Labute approximate surface area is 132 Å². The molecule has 1 N–H and O–H groups in total. The molecule has 1 aliphatic rings. The van der Waals surface area contributed by atoms with E-state index in [1.54, 1.807) is 23.2 Å². The van der Waals surface area contributed by atoms with Crippen LogP contribution in [0.4, 0.5) is 0 Å². The van der Waals surface area contributed by atoms with E-state index in [1.807, 2.05) is 19.2 Å². The van der Waals surface area contributed by atoms with Crippen molar-refractivity contribution in [2.45, 2.75) is 38.3 Å². The van der Waals surface area contributed by atoms with E-state index in [1.165, 1.54) is 0 Å². The Balaban J connectivity index is 1.55. The molecule has 1 saturated carbocycles. The Hall–Kier alpha value is -2.77. The van der Waals surface area contributed by atoms with Crippen molar-refractivity contribution < 1.29 is 4.79 Å². The molecule has 0 aromatic carbocycles. The van der Waals surface area contributed by atoms with E-state index in [-0.39, 0.29) is 23.8 Å². The predicted molar refractivity (Wildman–Crippen MR) is 81.9 cm³/mol. The minimum atomic E-state index is -0.257. The third-order valence-corrected chi connectivity index (χ3v) is 4.34. The SMILES string of the molecule is Cc1ccnc2nc(C(=O)N[C@@H]3CCC[C@@H]3n3ccnc3)nn12. The van der Waals surface area contributed by atoms with Gasteiger partial charge in [-0.2, -0.15) is 4.98 Å². The smallest absolute Gasteiger partial charge is 0.291 e. The molecule has 3 aromatic rings. The monoisotopic (exact) mass is 311 g/mol. The van der Waals surface area contributed by atoms with Crippen molar-refractivity contribution in [2.75, 3.05) is 0 Å². The maximum atomic E-state index is 12.5. The molecule has 3 aromatic heterocycles. The minimum Gasteiger partial charge on any atom is -0.344 e. The number of aryl methyl sites for hydroxylation is 1. The van der Waals surface area contributed by atoms with Crippen molar-refractivity contribution in [3.63, 3.8) is 0 Å². The van der Waals surface area contributed by atoms with Gasteiger partial charge in [0.05, 0.1) is 18.4 Å². The van der Waals surface area contributed by atoms with Crippen LogP contribution in [-0.2, 0) is 0 Å². The van der Waals surface area contributed by atoms with Gasteiger partial charge in [-0.25, -0.2) is 14.5 Å². The van der Waals surface area contributed by atoms with Crippen molar-refractivity contribution in [1.29, 1.82) is 0 Å². The van der Waals surface area contributed by atoms with Crippen molar-refractivity contribution in [3.8, 4) is 0 Å². The van der Waals surface area contributed by atoms with Gasteiger partial charge in [0.15, 0.2) is 0 Å². The number of carbonyl (C=O) groups excluding carboxylic acids is 1. The number of hydrogen-bond acceptors (Lipinski definition) is 5. The lowest BCUT2D eigenvalue weighted by molar-refractivity contribution is 0.0918. The number of amides is 1. The molecule has 3 heterocycles. The second-order valence-corrected chi connectivity index (χ2v) is 5.82. The van der Waals surface area contributed by atoms with Gasteiger partial charge in [0.25, 0.3) is 11.7 Å². The van der Waals surface area contributed by atoms with Crippen molar-refractivity contribution >= 4 is 11.7 Å². The van der Waals surface area contributed by atoms with Crippen LogP contribution in [0.25, 0.3) is 5.78 Å². The van der Waals surface area contributed by atoms with Crippen LogP contribution in [0.1, 0.15) is 41.6 Å². The van der Waals surface area contributed by atoms with Gasteiger partial charge in [0.2, 0.25) is 5.82 Å². The van der Waals surface area contributed by atoms with Crippen molar-refractivity contribution in [1.82, 2.24) is 34.4 Å². The topological polar surface area (TPSA) is 90.0 Å². The Bertz CT molecular complexity index is 839. The van der Waals surface area contributed by atoms with E-state index in [9.17, 15) is 4.79 Å². The highest BCUT2D eigenvalue weighted by Crippen LogP contribution is 2.30. The summed E-state index contributed by atoms with van der Waals surface area (Å²) in [6.45, 7) is 1.90. The van der Waals surface area contributed by atoms with Gasteiger partial charge in [-0.15, -0.1) is 5.10 Å². The molecular formula is C15H17N7O. The molecule has 1 fully saturated rings. The molecule has 0 unspecified atom stereocenters. The first-order chi connectivity index (χ1) is 11.2. The van der Waals surface area contributed by atoms with Gasteiger partial charge in [-0.3, -0.25) is 4.79 Å². The van der Waals surface area contributed by atoms with Gasteiger partial charge in [0.1, 0.15) is 0 Å². The molecule has 23 heavy (non-hydrogen) atoms. The number of aromatic nitrogens is 6. The molecule has 0 saturated heterocycles. The third-order valence-electron chi connectivity index (χ3n) is 4.34. The highest BCUT2D eigenvalue weighted by molar-refractivity contribution is 5.91. The minimum absolute atomic E-state index is 0.0670. The normalized spacial score (nSPS) is 20.9. The van der Waals surface area contributed by atoms with E-state index >= 15 is 0 Å². The Kier molecular flexibility index (Phi) is 3.29. The summed E-state index contributed by atoms with van der Waals surface area (Å²) in [6.07, 6.45) is 10.2. The first kappa shape index (κ1) is 13.9. The second-order valence-electron chi connectivity index (χ2n) is 5.82. The number of fused-ring (bicyclic) bond motifs is 1. The maximum Gasteiger partial charge on any atom is 0.291 e. The van der Waals surface area contributed by atoms with Crippen LogP contribution in [0.5, 0.6) is 0 Å². The average molecular weight is 311 g/mol. The summed E-state index contributed by atoms with van der Waals surface area (Å²) in [4.78, 5) is 24.9. The van der Waals surface area contributed by atoms with E-state index in [2.05, 4.69) is 29.9 Å². The number of nitrogens with zero attached hydrogens (tertiary/aromatic N) is 6. The van der Waals surface area contributed by atoms with Crippen LogP contribution in [0.3, 0.4) is 0 Å². The molecule has 0 spiro atoms. The van der Waals surface area contributed by atoms with Crippen molar-refractivity contribution in [3.05, 3.63) is 42.5 Å². The zero-order chi connectivity index (χ0) is 15.8. The van der Waals surface area contributed by atoms with Crippen LogP contribution in [0.15, 0.2) is 31.0 Å². The second kappa shape index (κ2) is 5.45. The van der Waals surface area contributed by atoms with Gasteiger partial charge in [-0.05, 0) is 32.3 Å². The highest BCUT2D eigenvalue weighted by Gasteiger charge is 2.30. The summed E-state index contributed by atoms with van der Waals surface area (Å²) in [7, 11) is 0. The molecule has 0 bridgehead atoms. The Morgan fingerprint density at radius 1 is 1.35 bits per heavy atom. The average Bonchev–Trinajstić information content (AvgIpc) is 3.27. The van der Waals surface area contributed by atoms with E-state index < -0.39 is 0 Å². The predicted octanol–water partition coefficient (Wildman–Crippen LogP) is 1.15. The fourth-order valence-electron chi connectivity index (χ4n) is 3.17. The number of nitrogens with one attached hydrogen (secondary N) is 1. The van der Waals surface area contributed by atoms with Crippen LogP contribution in [-0.4, -0.2) is 41.1 Å². The van der Waals surface area contributed by atoms with Crippen molar-refractivity contribution in [2.24, 2.45) is 0 Å². The molecule has 2 atom stereocenters. The lowest BCUT2D eigenvalue weighted by Crippen LogP contribution is -2.38. The van der Waals surface area contributed by atoms with E-state index in [4.69, 9.17) is 0 Å². The molecule has 1 aliphatic carbocycles. The largest absolute Gasteiger partial charge is 0.344 e. The summed E-state index contributed by atoms with van der Waals surface area (Å²) in [5, 5.41) is 7.31. The lowest BCUT2D eigenvalue weighted by Gasteiger charge is -2.21. The molecule has 0 aliphatic heterocycles. The first-order valence-corrected chi connectivity index (χ1v) is 7.69. The van der Waals surface area contributed by atoms with Gasteiger partial charge in [0, 0.05) is 24.3 Å². The number of hydrogen-bond donors (Lipinski definition) is 1. The first-order valence-electron chi connectivity index (χ1n) is 7.69. The van der Waals surface area contributed by atoms with Gasteiger partial charge >= 0.3 is 0 Å². The van der Waals surface area contributed by atoms with Crippen LogP contribution in [0, 0.1) is 6.92 Å². The third kappa shape index (κ3) is 2.45. The summed E-state index contributed by atoms with van der Waals surface area (Å²) < 4.78 is 3.64. The summed E-state index contributed by atoms with van der Waals surface area (Å²) in [6, 6.07) is 2.13. The molecule has 8 heteroatoms. The highest BCUT2D eigenvalue weighted by atomic mass is 16.2. The van der Waals surface area contributed by atoms with Gasteiger partial charge < -0.3 is 9.88 Å². The quantitative estimate of drug-likeness (QED) is 0.783. The van der Waals surface area contributed by atoms with E-state index in [0.717, 1.165) is 25.0 Å². The summed E-state index contributed by atoms with van der Waals surface area (Å²) in [5.74, 6) is 0.336. The van der Waals surface area contributed by atoms with E-state index in [0.29, 0.717) is 5.78 Å². The zero-order valence-electron chi connectivity index (χ0n) is 12.8. The maximum absolute atomic E-state index is 12.5. The van der Waals surface area contributed by atoms with Gasteiger partial charge in [-0.1, -0.05) is 0 Å². The summed E-state index contributed by atoms with van der Waals surface area (Å²) in [5.41, 5.74) is 0.888. The lowest BCUT2D eigenvalue weighted by atomic mass is 10.1. The molecule has 0 radical (unpaired) electrons. The zero-order valence-corrected chi connectivity index (χ0v) is 12.8. The van der Waals surface area contributed by atoms with Crippen LogP contribution < -0.4 is 5.32 Å². The Morgan fingerprint density at radius 3 is 3.04 bits per heavy atom. The number of carbonyl (C=O) groups is 1. The molecule has 118 valence electrons. The molecule has 8 nitrogen and oxygen atoms in total. The molecular weight excluding hydrogens is 294 g/mol.